The Balaban J connectivity index is 1.90. The maximum atomic E-state index is 14.1. The zero-order chi connectivity index (χ0) is 30.4. The number of aromatic hydroxyl groups is 1. The molecule has 2 aromatic carbocycles. The third-order valence-corrected chi connectivity index (χ3v) is 8.18. The fraction of sp³-hybridized carbons (Fsp3) is 0.233. The van der Waals surface area contributed by atoms with Crippen molar-refractivity contribution < 1.29 is 23.0 Å². The topological polar surface area (TPSA) is 168 Å². The molecule has 1 N–H and O–H groups in total. The Hall–Kier alpha value is -4.88. The van der Waals surface area contributed by atoms with Crippen molar-refractivity contribution in [3.63, 3.8) is 0 Å². The lowest BCUT2D eigenvalue weighted by Crippen LogP contribution is -2.35. The lowest BCUT2D eigenvalue weighted by Gasteiger charge is -2.24. The van der Waals surface area contributed by atoms with Crippen LogP contribution >= 0.6 is 0 Å². The number of aromatic nitrogens is 3. The first-order valence-corrected chi connectivity index (χ1v) is 14.2. The summed E-state index contributed by atoms with van der Waals surface area (Å²) in [6, 6.07) is 16.9. The molecule has 0 bridgehead atoms. The number of nitrogens with zero attached hydrogens (tertiary/aromatic N) is 5. The summed E-state index contributed by atoms with van der Waals surface area (Å²) in [6.07, 6.45) is 2.66. The Kier molecular flexibility index (Phi) is 9.13. The van der Waals surface area contributed by atoms with Crippen molar-refractivity contribution in [3.8, 4) is 29.1 Å². The van der Waals surface area contributed by atoms with Gasteiger partial charge in [0.25, 0.3) is 5.56 Å². The number of rotatable bonds is 10. The summed E-state index contributed by atoms with van der Waals surface area (Å²) in [5.41, 5.74) is 1.22. The van der Waals surface area contributed by atoms with Crippen molar-refractivity contribution in [1.82, 2.24) is 14.5 Å². The smallest absolute Gasteiger partial charge is 0.277 e. The standard InChI is InChI=1S/C30H27N5O6S/c1-19(2)41-18-27-34-29(36)28(30(37)35(27)26(17-40-3)22-6-4-5-20(13-22)14-31)42(38,39)24-9-7-21(8-10-24)25-11-12-33-16-23(25)15-32/h4-13,16,19,26,36H,17-18H2,1-3H3. The minimum absolute atomic E-state index is 0.0216. The number of benzene rings is 2. The molecule has 0 amide bonds. The summed E-state index contributed by atoms with van der Waals surface area (Å²) in [5.74, 6) is -0.989. The molecule has 0 fully saturated rings. The third-order valence-electron chi connectivity index (χ3n) is 6.40. The van der Waals surface area contributed by atoms with Gasteiger partial charge in [-0.1, -0.05) is 24.3 Å². The van der Waals surface area contributed by atoms with Gasteiger partial charge in [0.1, 0.15) is 18.5 Å². The molecule has 1 atom stereocenters. The normalized spacial score (nSPS) is 12.0. The second-order valence-corrected chi connectivity index (χ2v) is 11.4. The van der Waals surface area contributed by atoms with Gasteiger partial charge >= 0.3 is 0 Å². The van der Waals surface area contributed by atoms with E-state index in [0.29, 0.717) is 27.8 Å². The number of methoxy groups -OCH3 is 1. The molecule has 0 radical (unpaired) electrons. The molecule has 214 valence electrons. The van der Waals surface area contributed by atoms with Gasteiger partial charge < -0.3 is 14.6 Å². The number of hydrogen-bond donors (Lipinski definition) is 1. The van der Waals surface area contributed by atoms with E-state index in [1.165, 1.54) is 43.8 Å². The van der Waals surface area contributed by atoms with E-state index in [0.717, 1.165) is 4.57 Å². The van der Waals surface area contributed by atoms with Crippen LogP contribution in [0.2, 0.25) is 0 Å². The van der Waals surface area contributed by atoms with Crippen molar-refractivity contribution in [3.05, 3.63) is 99.9 Å². The van der Waals surface area contributed by atoms with Gasteiger partial charge in [-0.05, 0) is 55.3 Å². The molecule has 0 saturated heterocycles. The molecule has 4 rings (SSSR count). The summed E-state index contributed by atoms with van der Waals surface area (Å²) in [5, 5.41) is 29.7. The Labute approximate surface area is 242 Å². The first-order chi connectivity index (χ1) is 20.1. The van der Waals surface area contributed by atoms with Crippen LogP contribution in [0.5, 0.6) is 5.88 Å². The molecule has 11 nitrogen and oxygen atoms in total. The van der Waals surface area contributed by atoms with Gasteiger partial charge in [-0.3, -0.25) is 14.3 Å². The van der Waals surface area contributed by atoms with E-state index in [9.17, 15) is 28.8 Å². The quantitative estimate of drug-likeness (QED) is 0.289. The molecule has 0 spiro atoms. The van der Waals surface area contributed by atoms with Gasteiger partial charge in [0.05, 0.1) is 40.8 Å². The fourth-order valence-electron chi connectivity index (χ4n) is 4.41. The third kappa shape index (κ3) is 6.06. The lowest BCUT2D eigenvalue weighted by molar-refractivity contribution is 0.0557. The first-order valence-electron chi connectivity index (χ1n) is 12.8. The average molecular weight is 586 g/mol. The van der Waals surface area contributed by atoms with Crippen LogP contribution in [0.15, 0.2) is 81.6 Å². The number of ether oxygens (including phenoxy) is 2. The monoisotopic (exact) mass is 585 g/mol. The number of nitriles is 2. The van der Waals surface area contributed by atoms with E-state index in [2.05, 4.69) is 9.97 Å². The largest absolute Gasteiger partial charge is 0.492 e. The van der Waals surface area contributed by atoms with Crippen molar-refractivity contribution in [2.75, 3.05) is 13.7 Å². The van der Waals surface area contributed by atoms with E-state index in [1.807, 2.05) is 12.1 Å². The van der Waals surface area contributed by atoms with Crippen LogP contribution in [0.1, 0.15) is 42.4 Å². The summed E-state index contributed by atoms with van der Waals surface area (Å²) in [6.45, 7) is 3.27. The SMILES string of the molecule is COCC(c1cccc(C#N)c1)n1c(COC(C)C)nc(O)c(S(=O)(=O)c2ccc(-c3ccncc3C#N)cc2)c1=O. The molecule has 2 heterocycles. The molecule has 4 aromatic rings. The minimum atomic E-state index is -4.59. The summed E-state index contributed by atoms with van der Waals surface area (Å²) < 4.78 is 39.8. The van der Waals surface area contributed by atoms with Crippen LogP contribution < -0.4 is 5.56 Å². The first kappa shape index (κ1) is 30.1. The second kappa shape index (κ2) is 12.7. The summed E-state index contributed by atoms with van der Waals surface area (Å²) in [7, 11) is -3.17. The number of hydrogen-bond acceptors (Lipinski definition) is 10. The molecule has 12 heteroatoms. The number of pyridine rings is 1. The zero-order valence-corrected chi connectivity index (χ0v) is 23.9. The van der Waals surface area contributed by atoms with Gasteiger partial charge in [-0.15, -0.1) is 0 Å². The Bertz CT molecular complexity index is 1860. The van der Waals surface area contributed by atoms with Gasteiger partial charge in [-0.25, -0.2) is 8.42 Å². The second-order valence-electron chi connectivity index (χ2n) is 9.48. The summed E-state index contributed by atoms with van der Waals surface area (Å²) in [4.78, 5) is 20.9. The Morgan fingerprint density at radius 2 is 1.81 bits per heavy atom. The highest BCUT2D eigenvalue weighted by molar-refractivity contribution is 7.91. The van der Waals surface area contributed by atoms with Crippen molar-refractivity contribution in [2.24, 2.45) is 0 Å². The van der Waals surface area contributed by atoms with E-state index in [1.54, 1.807) is 44.2 Å². The zero-order valence-electron chi connectivity index (χ0n) is 23.1. The lowest BCUT2D eigenvalue weighted by atomic mass is 10.0. The van der Waals surface area contributed by atoms with Gasteiger partial charge in [0, 0.05) is 25.1 Å². The van der Waals surface area contributed by atoms with Crippen LogP contribution in [0, 0.1) is 22.7 Å². The maximum absolute atomic E-state index is 14.1. The predicted octanol–water partition coefficient (Wildman–Crippen LogP) is 3.75. The van der Waals surface area contributed by atoms with E-state index in [-0.39, 0.29) is 30.0 Å². The molecule has 2 aromatic heterocycles. The molecule has 1 unspecified atom stereocenters. The van der Waals surface area contributed by atoms with Gasteiger partial charge in [0.15, 0.2) is 4.90 Å². The Morgan fingerprint density at radius 3 is 2.45 bits per heavy atom. The van der Waals surface area contributed by atoms with Gasteiger partial charge in [0.2, 0.25) is 15.7 Å². The molecular formula is C30H27N5O6S. The number of sulfone groups is 1. The highest BCUT2D eigenvalue weighted by Gasteiger charge is 2.32. The van der Waals surface area contributed by atoms with Gasteiger partial charge in [-0.2, -0.15) is 15.5 Å². The maximum Gasteiger partial charge on any atom is 0.277 e. The fourth-order valence-corrected chi connectivity index (χ4v) is 5.75. The molecule has 0 aliphatic carbocycles. The van der Waals surface area contributed by atoms with Crippen LogP contribution in [0.4, 0.5) is 0 Å². The van der Waals surface area contributed by atoms with Crippen LogP contribution in [-0.2, 0) is 25.9 Å². The van der Waals surface area contributed by atoms with Crippen LogP contribution in [0.3, 0.4) is 0 Å². The van der Waals surface area contributed by atoms with Crippen molar-refractivity contribution in [2.45, 2.75) is 42.4 Å². The van der Waals surface area contributed by atoms with Crippen molar-refractivity contribution >= 4 is 9.84 Å². The predicted molar refractivity (Wildman–Crippen MR) is 151 cm³/mol. The molecule has 0 aliphatic rings. The Morgan fingerprint density at radius 1 is 1.07 bits per heavy atom. The van der Waals surface area contributed by atoms with Crippen LogP contribution in [0.25, 0.3) is 11.1 Å². The summed E-state index contributed by atoms with van der Waals surface area (Å²) >= 11 is 0. The molecule has 0 saturated carbocycles. The molecule has 42 heavy (non-hydrogen) atoms. The molecule has 0 aliphatic heterocycles. The van der Waals surface area contributed by atoms with E-state index >= 15 is 0 Å². The van der Waals surface area contributed by atoms with Crippen LogP contribution in [-0.4, -0.2) is 47.9 Å². The van der Waals surface area contributed by atoms with E-state index < -0.39 is 32.2 Å². The molecular weight excluding hydrogens is 558 g/mol. The van der Waals surface area contributed by atoms with E-state index in [4.69, 9.17) is 9.47 Å². The highest BCUT2D eigenvalue weighted by Crippen LogP contribution is 2.30. The minimum Gasteiger partial charge on any atom is -0.492 e. The van der Waals surface area contributed by atoms with Crippen molar-refractivity contribution in [1.29, 1.82) is 10.5 Å². The average Bonchev–Trinajstić information content (AvgIpc) is 2.99. The highest BCUT2D eigenvalue weighted by atomic mass is 32.2.